The van der Waals surface area contributed by atoms with Gasteiger partial charge in [-0.25, -0.2) is 9.18 Å². The number of alkyl halides is 1. The lowest BCUT2D eigenvalue weighted by Crippen LogP contribution is -2.20. The Bertz CT molecular complexity index is 181. The molecule has 74 valence electrons. The van der Waals surface area contributed by atoms with Gasteiger partial charge in [0.2, 0.25) is 6.08 Å². The molecular formula is C10H16FNO. The van der Waals surface area contributed by atoms with Crippen molar-refractivity contribution < 1.29 is 9.18 Å². The van der Waals surface area contributed by atoms with Crippen LogP contribution in [0, 0.1) is 5.92 Å². The van der Waals surface area contributed by atoms with Gasteiger partial charge in [0, 0.05) is 0 Å². The summed E-state index contributed by atoms with van der Waals surface area (Å²) in [5, 5.41) is 0. The molecule has 1 fully saturated rings. The molecule has 0 amide bonds. The van der Waals surface area contributed by atoms with Crippen LogP contribution in [0.5, 0.6) is 0 Å². The second-order valence-electron chi connectivity index (χ2n) is 3.69. The normalized spacial score (nSPS) is 21.6. The first kappa shape index (κ1) is 10.4. The highest BCUT2D eigenvalue weighted by molar-refractivity contribution is 5.33. The topological polar surface area (TPSA) is 29.4 Å². The Hall–Kier alpha value is -0.690. The third-order valence-electron chi connectivity index (χ3n) is 2.82. The Morgan fingerprint density at radius 1 is 1.31 bits per heavy atom. The molecule has 0 saturated heterocycles. The molecule has 13 heavy (non-hydrogen) atoms. The summed E-state index contributed by atoms with van der Waals surface area (Å²) >= 11 is 0. The molecule has 0 aliphatic heterocycles. The third-order valence-corrected chi connectivity index (χ3v) is 2.82. The second kappa shape index (κ2) is 5.87. The van der Waals surface area contributed by atoms with Crippen LogP contribution in [-0.4, -0.2) is 18.8 Å². The van der Waals surface area contributed by atoms with Gasteiger partial charge in [0.15, 0.2) is 0 Å². The van der Waals surface area contributed by atoms with E-state index in [1.54, 1.807) is 0 Å². The number of isocyanates is 1. The van der Waals surface area contributed by atoms with Gasteiger partial charge in [-0.3, -0.25) is 0 Å². The lowest BCUT2D eigenvalue weighted by Gasteiger charge is -2.17. The molecule has 1 aliphatic rings. The van der Waals surface area contributed by atoms with E-state index >= 15 is 0 Å². The minimum Gasteiger partial charge on any atom is -0.249 e. The van der Waals surface area contributed by atoms with Crippen LogP contribution in [0.4, 0.5) is 4.39 Å². The van der Waals surface area contributed by atoms with Gasteiger partial charge in [0.1, 0.15) is 6.67 Å². The lowest BCUT2D eigenvalue weighted by atomic mass is 9.93. The van der Waals surface area contributed by atoms with Gasteiger partial charge in [-0.15, -0.1) is 0 Å². The third kappa shape index (κ3) is 3.27. The number of aliphatic imine (C=N–C) groups is 1. The number of carbonyl (C=O) groups excluding carboxylic acids is 1. The van der Waals surface area contributed by atoms with Crippen molar-refractivity contribution in [1.29, 1.82) is 0 Å². The van der Waals surface area contributed by atoms with Gasteiger partial charge in [-0.05, 0) is 18.8 Å². The van der Waals surface area contributed by atoms with Crippen LogP contribution in [0.2, 0.25) is 0 Å². The van der Waals surface area contributed by atoms with E-state index in [1.165, 1.54) is 18.9 Å². The van der Waals surface area contributed by atoms with Gasteiger partial charge in [0.25, 0.3) is 0 Å². The van der Waals surface area contributed by atoms with Gasteiger partial charge < -0.3 is 0 Å². The molecule has 1 rings (SSSR count). The molecule has 1 unspecified atom stereocenters. The first-order valence-corrected chi connectivity index (χ1v) is 5.01. The average Bonchev–Trinajstić information content (AvgIpc) is 2.42. The molecule has 0 N–H and O–H groups in total. The van der Waals surface area contributed by atoms with Crippen molar-refractivity contribution in [3.05, 3.63) is 0 Å². The Kier molecular flexibility index (Phi) is 4.69. The van der Waals surface area contributed by atoms with Crippen molar-refractivity contribution in [2.45, 2.75) is 44.6 Å². The zero-order valence-electron chi connectivity index (χ0n) is 7.84. The van der Waals surface area contributed by atoms with Crippen molar-refractivity contribution in [1.82, 2.24) is 0 Å². The van der Waals surface area contributed by atoms with E-state index in [4.69, 9.17) is 0 Å². The summed E-state index contributed by atoms with van der Waals surface area (Å²) in [7, 11) is 0. The highest BCUT2D eigenvalue weighted by Gasteiger charge is 2.21. The van der Waals surface area contributed by atoms with E-state index in [0.717, 1.165) is 25.7 Å². The van der Waals surface area contributed by atoms with Crippen LogP contribution >= 0.6 is 0 Å². The number of hydrogen-bond donors (Lipinski definition) is 0. The largest absolute Gasteiger partial charge is 0.249 e. The summed E-state index contributed by atoms with van der Waals surface area (Å²) in [6.07, 6.45) is 8.27. The van der Waals surface area contributed by atoms with Crippen molar-refractivity contribution in [3.63, 3.8) is 0 Å². The Labute approximate surface area is 78.2 Å². The lowest BCUT2D eigenvalue weighted by molar-refractivity contribution is 0.308. The first-order valence-electron chi connectivity index (χ1n) is 5.01. The highest BCUT2D eigenvalue weighted by Crippen LogP contribution is 2.27. The summed E-state index contributed by atoms with van der Waals surface area (Å²) in [5.74, 6) is 0.272. The summed E-state index contributed by atoms with van der Waals surface area (Å²) in [4.78, 5) is 13.6. The summed E-state index contributed by atoms with van der Waals surface area (Å²) < 4.78 is 12.5. The standard InChI is InChI=1S/C10H16FNO/c11-7-10(12-8-13)9-5-3-1-2-4-6-9/h9-10H,1-7H2. The molecular weight excluding hydrogens is 169 g/mol. The Balaban J connectivity index is 2.49. The minimum atomic E-state index is -0.514. The number of nitrogens with zero attached hydrogens (tertiary/aromatic N) is 1. The number of halogens is 1. The molecule has 1 saturated carbocycles. The van der Waals surface area contributed by atoms with E-state index in [-0.39, 0.29) is 5.92 Å². The predicted octanol–water partition coefficient (Wildman–Crippen LogP) is 2.63. The second-order valence-corrected chi connectivity index (χ2v) is 3.69. The molecule has 0 spiro atoms. The van der Waals surface area contributed by atoms with Gasteiger partial charge >= 0.3 is 0 Å². The van der Waals surface area contributed by atoms with Crippen molar-refractivity contribution >= 4 is 6.08 Å². The fourth-order valence-corrected chi connectivity index (χ4v) is 2.03. The zero-order valence-corrected chi connectivity index (χ0v) is 7.84. The molecule has 0 aromatic carbocycles. The van der Waals surface area contributed by atoms with Crippen LogP contribution in [0.3, 0.4) is 0 Å². The molecule has 0 bridgehead atoms. The predicted molar refractivity (Wildman–Crippen MR) is 49.1 cm³/mol. The molecule has 1 atom stereocenters. The van der Waals surface area contributed by atoms with Crippen molar-refractivity contribution in [3.8, 4) is 0 Å². The zero-order chi connectivity index (χ0) is 9.52. The molecule has 0 aromatic rings. The maximum absolute atomic E-state index is 12.5. The average molecular weight is 185 g/mol. The van der Waals surface area contributed by atoms with E-state index in [9.17, 15) is 9.18 Å². The fourth-order valence-electron chi connectivity index (χ4n) is 2.03. The Morgan fingerprint density at radius 3 is 2.38 bits per heavy atom. The molecule has 2 nitrogen and oxygen atoms in total. The van der Waals surface area contributed by atoms with Gasteiger partial charge in [-0.2, -0.15) is 4.99 Å². The van der Waals surface area contributed by atoms with Crippen LogP contribution in [0.15, 0.2) is 4.99 Å². The molecule has 3 heteroatoms. The fraction of sp³-hybridized carbons (Fsp3) is 0.900. The van der Waals surface area contributed by atoms with E-state index < -0.39 is 12.7 Å². The van der Waals surface area contributed by atoms with Crippen LogP contribution in [0.1, 0.15) is 38.5 Å². The summed E-state index contributed by atoms with van der Waals surface area (Å²) in [6.45, 7) is -0.514. The highest BCUT2D eigenvalue weighted by atomic mass is 19.1. The maximum Gasteiger partial charge on any atom is 0.235 e. The van der Waals surface area contributed by atoms with E-state index in [0.29, 0.717) is 0 Å². The summed E-state index contributed by atoms with van der Waals surface area (Å²) in [5.41, 5.74) is 0. The van der Waals surface area contributed by atoms with Crippen LogP contribution in [0.25, 0.3) is 0 Å². The minimum absolute atomic E-state index is 0.272. The molecule has 0 aromatic heterocycles. The summed E-state index contributed by atoms with van der Waals surface area (Å²) in [6, 6.07) is -0.421. The maximum atomic E-state index is 12.5. The SMILES string of the molecule is O=C=NC(CF)C1CCCCCC1. The smallest absolute Gasteiger partial charge is 0.235 e. The molecule has 0 heterocycles. The monoisotopic (exact) mass is 185 g/mol. The van der Waals surface area contributed by atoms with Crippen LogP contribution < -0.4 is 0 Å². The molecule has 0 radical (unpaired) electrons. The van der Waals surface area contributed by atoms with E-state index in [2.05, 4.69) is 4.99 Å². The number of hydrogen-bond acceptors (Lipinski definition) is 2. The van der Waals surface area contributed by atoms with Crippen molar-refractivity contribution in [2.75, 3.05) is 6.67 Å². The van der Waals surface area contributed by atoms with Gasteiger partial charge in [-0.1, -0.05) is 25.7 Å². The molecule has 1 aliphatic carbocycles. The van der Waals surface area contributed by atoms with Crippen LogP contribution in [-0.2, 0) is 4.79 Å². The van der Waals surface area contributed by atoms with Gasteiger partial charge in [0.05, 0.1) is 6.04 Å². The first-order chi connectivity index (χ1) is 6.38. The Morgan fingerprint density at radius 2 is 1.92 bits per heavy atom. The number of rotatable bonds is 3. The van der Waals surface area contributed by atoms with E-state index in [1.807, 2.05) is 0 Å². The quantitative estimate of drug-likeness (QED) is 0.377. The van der Waals surface area contributed by atoms with Crippen molar-refractivity contribution in [2.24, 2.45) is 10.9 Å².